The van der Waals surface area contributed by atoms with E-state index in [1.807, 2.05) is 32.9 Å². The van der Waals surface area contributed by atoms with Gasteiger partial charge in [-0.25, -0.2) is 9.07 Å². The van der Waals surface area contributed by atoms with Crippen LogP contribution in [0.4, 0.5) is 10.1 Å². The minimum absolute atomic E-state index is 0.147. The normalized spacial score (nSPS) is 12.0. The number of halogens is 1. The monoisotopic (exact) mass is 399 g/mol. The molecule has 3 aromatic rings. The molecule has 0 aliphatic heterocycles. The smallest absolute Gasteiger partial charge is 0.237 e. The van der Waals surface area contributed by atoms with Gasteiger partial charge in [-0.2, -0.15) is 0 Å². The number of nitrogen functional groups attached to an aromatic ring is 1. The molecular weight excluding hydrogens is 377 g/mol. The highest BCUT2D eigenvalue weighted by atomic mass is 32.2. The Hall–Kier alpha value is -2.87. The molecule has 0 saturated heterocycles. The van der Waals surface area contributed by atoms with Crippen molar-refractivity contribution in [1.82, 2.24) is 14.9 Å². The fourth-order valence-corrected chi connectivity index (χ4v) is 3.74. The summed E-state index contributed by atoms with van der Waals surface area (Å²) in [5.74, 6) is 6.00. The number of hydrogen-bond acceptors (Lipinski definition) is 5. The molecule has 0 aliphatic carbocycles. The van der Waals surface area contributed by atoms with E-state index < -0.39 is 5.25 Å². The maximum Gasteiger partial charge on any atom is 0.237 e. The molecule has 6 nitrogen and oxygen atoms in total. The second kappa shape index (κ2) is 8.02. The molecule has 3 N–H and O–H groups in total. The molecule has 1 atom stereocenters. The molecule has 3 rings (SSSR count). The molecule has 8 heteroatoms. The molecule has 0 unspecified atom stereocenters. The molecular formula is C20H22FN5OS. The largest absolute Gasteiger partial charge is 0.335 e. The lowest BCUT2D eigenvalue weighted by Crippen LogP contribution is -2.24. The van der Waals surface area contributed by atoms with Crippen LogP contribution in [0, 0.1) is 26.6 Å². The van der Waals surface area contributed by atoms with E-state index in [9.17, 15) is 9.18 Å². The molecule has 2 aromatic carbocycles. The lowest BCUT2D eigenvalue weighted by Gasteiger charge is -2.16. The zero-order valence-electron chi connectivity index (χ0n) is 16.2. The van der Waals surface area contributed by atoms with Gasteiger partial charge in [-0.05, 0) is 63.1 Å². The number of nitrogens with one attached hydrogen (secondary N) is 1. The van der Waals surface area contributed by atoms with Crippen LogP contribution in [0.3, 0.4) is 0 Å². The molecule has 0 spiro atoms. The van der Waals surface area contributed by atoms with E-state index in [4.69, 9.17) is 5.84 Å². The lowest BCUT2D eigenvalue weighted by molar-refractivity contribution is -0.115. The third kappa shape index (κ3) is 4.17. The first-order valence-electron chi connectivity index (χ1n) is 8.78. The van der Waals surface area contributed by atoms with Gasteiger partial charge in [0.2, 0.25) is 11.1 Å². The van der Waals surface area contributed by atoms with E-state index >= 15 is 0 Å². The first kappa shape index (κ1) is 19.9. The maximum absolute atomic E-state index is 13.1. The Morgan fingerprint density at radius 3 is 2.36 bits per heavy atom. The van der Waals surface area contributed by atoms with Crippen LogP contribution in [0.2, 0.25) is 0 Å². The molecule has 0 fully saturated rings. The summed E-state index contributed by atoms with van der Waals surface area (Å²) in [4.78, 5) is 12.7. The fourth-order valence-electron chi connectivity index (χ4n) is 2.97. The highest BCUT2D eigenvalue weighted by molar-refractivity contribution is 8.00. The van der Waals surface area contributed by atoms with Crippen LogP contribution in [-0.4, -0.2) is 26.0 Å². The van der Waals surface area contributed by atoms with Crippen molar-refractivity contribution in [3.63, 3.8) is 0 Å². The summed E-state index contributed by atoms with van der Waals surface area (Å²) in [6, 6.07) is 9.89. The molecule has 0 saturated carbocycles. The zero-order valence-corrected chi connectivity index (χ0v) is 17.0. The first-order chi connectivity index (χ1) is 13.3. The molecule has 0 aliphatic rings. The van der Waals surface area contributed by atoms with E-state index in [0.717, 1.165) is 22.4 Å². The number of hydrogen-bond donors (Lipinski definition) is 2. The summed E-state index contributed by atoms with van der Waals surface area (Å²) >= 11 is 1.21. The summed E-state index contributed by atoms with van der Waals surface area (Å²) in [5, 5.41) is 11.1. The van der Waals surface area contributed by atoms with Crippen LogP contribution in [0.1, 0.15) is 23.6 Å². The van der Waals surface area contributed by atoms with E-state index in [1.165, 1.54) is 28.6 Å². The van der Waals surface area contributed by atoms with Crippen molar-refractivity contribution in [2.24, 2.45) is 0 Å². The van der Waals surface area contributed by atoms with Gasteiger partial charge < -0.3 is 11.2 Å². The molecule has 1 aromatic heterocycles. The topological polar surface area (TPSA) is 85.8 Å². The number of carbonyl (C=O) groups excluding carboxylic acids is 1. The number of anilines is 1. The number of nitrogens with zero attached hydrogens (tertiary/aromatic N) is 3. The molecule has 1 amide bonds. The van der Waals surface area contributed by atoms with Crippen LogP contribution in [0.15, 0.2) is 41.6 Å². The molecule has 1 heterocycles. The van der Waals surface area contributed by atoms with Crippen molar-refractivity contribution in [3.05, 3.63) is 58.9 Å². The maximum atomic E-state index is 13.1. The summed E-state index contributed by atoms with van der Waals surface area (Å²) in [6.07, 6.45) is 0. The van der Waals surface area contributed by atoms with Gasteiger partial charge in [0.15, 0.2) is 5.82 Å². The van der Waals surface area contributed by atoms with E-state index in [0.29, 0.717) is 16.5 Å². The standard InChI is InChI=1S/C20H22FN5OS/c1-11-9-12(2)17(13(3)10-11)23-19(27)14(4)28-20-25-24-18(26(20)22)15-5-7-16(21)8-6-15/h5-10,14H,22H2,1-4H3,(H,23,27)/t14-/m1/s1. The zero-order chi connectivity index (χ0) is 20.4. The van der Waals surface area contributed by atoms with E-state index in [2.05, 4.69) is 15.5 Å². The Morgan fingerprint density at radius 2 is 1.75 bits per heavy atom. The third-order valence-corrected chi connectivity index (χ3v) is 5.40. The fraction of sp³-hybridized carbons (Fsp3) is 0.250. The van der Waals surface area contributed by atoms with Crippen molar-refractivity contribution in [2.45, 2.75) is 38.1 Å². The van der Waals surface area contributed by atoms with Gasteiger partial charge in [0, 0.05) is 11.3 Å². The molecule has 0 bridgehead atoms. The van der Waals surface area contributed by atoms with Crippen LogP contribution in [-0.2, 0) is 4.79 Å². The summed E-state index contributed by atoms with van der Waals surface area (Å²) in [5.41, 5.74) is 4.66. The summed E-state index contributed by atoms with van der Waals surface area (Å²) < 4.78 is 14.4. The number of thioether (sulfide) groups is 1. The van der Waals surface area contributed by atoms with Gasteiger partial charge in [0.25, 0.3) is 0 Å². The first-order valence-corrected chi connectivity index (χ1v) is 9.66. The second-order valence-corrected chi connectivity index (χ2v) is 8.01. The minimum atomic E-state index is -0.437. The third-order valence-electron chi connectivity index (χ3n) is 4.34. The number of benzene rings is 2. The average Bonchev–Trinajstić information content (AvgIpc) is 2.99. The van der Waals surface area contributed by atoms with Gasteiger partial charge in [0.1, 0.15) is 5.82 Å². The Morgan fingerprint density at radius 1 is 1.14 bits per heavy atom. The van der Waals surface area contributed by atoms with E-state index in [1.54, 1.807) is 19.1 Å². The summed E-state index contributed by atoms with van der Waals surface area (Å²) in [6.45, 7) is 7.75. The quantitative estimate of drug-likeness (QED) is 0.503. The minimum Gasteiger partial charge on any atom is -0.335 e. The Kier molecular flexibility index (Phi) is 5.69. The van der Waals surface area contributed by atoms with Crippen LogP contribution >= 0.6 is 11.8 Å². The van der Waals surface area contributed by atoms with Crippen molar-refractivity contribution in [1.29, 1.82) is 0 Å². The van der Waals surface area contributed by atoms with Gasteiger partial charge in [-0.1, -0.05) is 29.5 Å². The number of aryl methyl sites for hydroxylation is 3. The van der Waals surface area contributed by atoms with Crippen molar-refractivity contribution < 1.29 is 9.18 Å². The number of carbonyl (C=O) groups is 1. The number of rotatable bonds is 5. The number of nitrogens with two attached hydrogens (primary N) is 1. The van der Waals surface area contributed by atoms with Crippen LogP contribution in [0.25, 0.3) is 11.4 Å². The van der Waals surface area contributed by atoms with Gasteiger partial charge >= 0.3 is 0 Å². The van der Waals surface area contributed by atoms with Crippen molar-refractivity contribution in [2.75, 3.05) is 11.2 Å². The van der Waals surface area contributed by atoms with Gasteiger partial charge in [-0.3, -0.25) is 4.79 Å². The Bertz CT molecular complexity index is 993. The van der Waals surface area contributed by atoms with Crippen molar-refractivity contribution in [3.8, 4) is 11.4 Å². The number of amides is 1. The predicted molar refractivity (Wildman–Crippen MR) is 110 cm³/mol. The Labute approximate surface area is 167 Å². The lowest BCUT2D eigenvalue weighted by atomic mass is 10.1. The highest BCUT2D eigenvalue weighted by Gasteiger charge is 2.21. The Balaban J connectivity index is 1.74. The average molecular weight is 399 g/mol. The van der Waals surface area contributed by atoms with Crippen LogP contribution < -0.4 is 11.2 Å². The highest BCUT2D eigenvalue weighted by Crippen LogP contribution is 2.27. The van der Waals surface area contributed by atoms with Crippen molar-refractivity contribution >= 4 is 23.4 Å². The summed E-state index contributed by atoms with van der Waals surface area (Å²) in [7, 11) is 0. The molecule has 28 heavy (non-hydrogen) atoms. The number of aromatic nitrogens is 3. The predicted octanol–water partition coefficient (Wildman–Crippen LogP) is 3.84. The molecule has 0 radical (unpaired) electrons. The van der Waals surface area contributed by atoms with Crippen LogP contribution in [0.5, 0.6) is 0 Å². The van der Waals surface area contributed by atoms with Gasteiger partial charge in [-0.15, -0.1) is 10.2 Å². The second-order valence-electron chi connectivity index (χ2n) is 6.71. The molecule has 146 valence electrons. The van der Waals surface area contributed by atoms with Gasteiger partial charge in [0.05, 0.1) is 5.25 Å². The van der Waals surface area contributed by atoms with E-state index in [-0.39, 0.29) is 11.7 Å². The SMILES string of the molecule is Cc1cc(C)c(NC(=O)[C@@H](C)Sc2nnc(-c3ccc(F)cc3)n2N)c(C)c1.